The van der Waals surface area contributed by atoms with Crippen LogP contribution in [0.5, 0.6) is 5.88 Å². The Balaban J connectivity index is 1.32. The van der Waals surface area contributed by atoms with E-state index in [-0.39, 0.29) is 18.0 Å². The van der Waals surface area contributed by atoms with Gasteiger partial charge in [0.2, 0.25) is 11.8 Å². The summed E-state index contributed by atoms with van der Waals surface area (Å²) in [7, 11) is 0. The topological polar surface area (TPSA) is 92.4 Å². The zero-order chi connectivity index (χ0) is 18.9. The lowest BCUT2D eigenvalue weighted by molar-refractivity contribution is -0.121. The van der Waals surface area contributed by atoms with Gasteiger partial charge in [0.05, 0.1) is 0 Å². The molecule has 2 aliphatic rings. The largest absolute Gasteiger partial charge is 0.474 e. The van der Waals surface area contributed by atoms with E-state index in [1.54, 1.807) is 6.20 Å². The van der Waals surface area contributed by atoms with Crippen molar-refractivity contribution in [3.63, 3.8) is 0 Å². The van der Waals surface area contributed by atoms with Gasteiger partial charge in [-0.1, -0.05) is 12.8 Å². The molecular weight excluding hydrogens is 344 g/mol. The van der Waals surface area contributed by atoms with Gasteiger partial charge in [0, 0.05) is 37.8 Å². The van der Waals surface area contributed by atoms with Crippen molar-refractivity contribution in [2.75, 3.05) is 6.54 Å². The van der Waals surface area contributed by atoms with Crippen molar-refractivity contribution in [2.45, 2.75) is 76.5 Å². The number of amides is 3. The Labute approximate surface area is 160 Å². The number of hydrogen-bond acceptors (Lipinski definition) is 4. The zero-order valence-corrected chi connectivity index (χ0v) is 15.8. The standard InChI is InChI=1S/C20H30N4O3/c25-18(24-16-5-1-2-6-16)10-12-22-20(26)23-14-15-9-11-21-19(13-15)27-17-7-3-4-8-17/h9,11,13,16-17H,1-8,10,12,14H2,(H,24,25)(H2,22,23,26). The molecule has 148 valence electrons. The molecule has 0 unspecified atom stereocenters. The maximum Gasteiger partial charge on any atom is 0.315 e. The molecule has 1 aromatic rings. The lowest BCUT2D eigenvalue weighted by Gasteiger charge is -2.13. The molecule has 0 spiro atoms. The van der Waals surface area contributed by atoms with E-state index in [4.69, 9.17) is 4.74 Å². The van der Waals surface area contributed by atoms with Crippen LogP contribution in [-0.2, 0) is 11.3 Å². The predicted molar refractivity (Wildman–Crippen MR) is 102 cm³/mol. The van der Waals surface area contributed by atoms with Crippen LogP contribution in [0, 0.1) is 0 Å². The Hall–Kier alpha value is -2.31. The highest BCUT2D eigenvalue weighted by Gasteiger charge is 2.18. The van der Waals surface area contributed by atoms with Gasteiger partial charge in [0.15, 0.2) is 0 Å². The minimum absolute atomic E-state index is 0.00466. The van der Waals surface area contributed by atoms with Crippen LogP contribution in [0.25, 0.3) is 0 Å². The van der Waals surface area contributed by atoms with E-state index in [0.29, 0.717) is 31.4 Å². The molecule has 0 atom stereocenters. The highest BCUT2D eigenvalue weighted by molar-refractivity contribution is 5.78. The van der Waals surface area contributed by atoms with Crippen LogP contribution >= 0.6 is 0 Å². The average molecular weight is 374 g/mol. The Bertz CT molecular complexity index is 625. The molecule has 0 radical (unpaired) electrons. The third-order valence-electron chi connectivity index (χ3n) is 5.20. The fraction of sp³-hybridized carbons (Fsp3) is 0.650. The van der Waals surface area contributed by atoms with Gasteiger partial charge in [0.1, 0.15) is 6.10 Å². The molecule has 2 aliphatic carbocycles. The highest BCUT2D eigenvalue weighted by Crippen LogP contribution is 2.23. The number of carbonyl (C=O) groups is 2. The third kappa shape index (κ3) is 6.73. The molecule has 3 rings (SSSR count). The molecule has 7 heteroatoms. The van der Waals surface area contributed by atoms with Crippen LogP contribution in [0.4, 0.5) is 4.79 Å². The molecule has 1 heterocycles. The van der Waals surface area contributed by atoms with Gasteiger partial charge in [-0.3, -0.25) is 4.79 Å². The summed E-state index contributed by atoms with van der Waals surface area (Å²) < 4.78 is 5.88. The van der Waals surface area contributed by atoms with Crippen LogP contribution < -0.4 is 20.7 Å². The van der Waals surface area contributed by atoms with Crippen molar-refractivity contribution >= 4 is 11.9 Å². The molecule has 0 aliphatic heterocycles. The Morgan fingerprint density at radius 1 is 1.07 bits per heavy atom. The molecular formula is C20H30N4O3. The Kier molecular flexibility index (Phi) is 7.30. The van der Waals surface area contributed by atoms with Crippen LogP contribution in [0.15, 0.2) is 18.3 Å². The fourth-order valence-electron chi connectivity index (χ4n) is 3.71. The van der Waals surface area contributed by atoms with E-state index >= 15 is 0 Å². The Morgan fingerprint density at radius 2 is 1.81 bits per heavy atom. The maximum absolute atomic E-state index is 11.9. The zero-order valence-electron chi connectivity index (χ0n) is 15.8. The lowest BCUT2D eigenvalue weighted by Crippen LogP contribution is -2.39. The molecule has 3 N–H and O–H groups in total. The highest BCUT2D eigenvalue weighted by atomic mass is 16.5. The molecule has 3 amide bonds. The minimum atomic E-state index is -0.279. The third-order valence-corrected chi connectivity index (χ3v) is 5.20. The van der Waals surface area contributed by atoms with E-state index in [0.717, 1.165) is 31.2 Å². The van der Waals surface area contributed by atoms with Crippen molar-refractivity contribution in [3.8, 4) is 5.88 Å². The van der Waals surface area contributed by atoms with E-state index in [9.17, 15) is 9.59 Å². The van der Waals surface area contributed by atoms with Gasteiger partial charge < -0.3 is 20.7 Å². The summed E-state index contributed by atoms with van der Waals surface area (Å²) in [5.41, 5.74) is 0.937. The number of ether oxygens (including phenoxy) is 1. The summed E-state index contributed by atoms with van der Waals surface area (Å²) in [6.07, 6.45) is 11.4. The van der Waals surface area contributed by atoms with E-state index in [1.807, 2.05) is 12.1 Å². The first kappa shape index (κ1) is 19.5. The number of hydrogen-bond donors (Lipinski definition) is 3. The smallest absolute Gasteiger partial charge is 0.315 e. The summed E-state index contributed by atoms with van der Waals surface area (Å²) in [4.78, 5) is 28.0. The molecule has 2 fully saturated rings. The average Bonchev–Trinajstić information content (AvgIpc) is 3.34. The SMILES string of the molecule is O=C(CCNC(=O)NCc1ccnc(OC2CCCC2)c1)NC1CCCC1. The molecule has 0 aromatic carbocycles. The maximum atomic E-state index is 11.9. The van der Waals surface area contributed by atoms with E-state index < -0.39 is 0 Å². The molecule has 2 saturated carbocycles. The van der Waals surface area contributed by atoms with Crippen molar-refractivity contribution in [1.82, 2.24) is 20.9 Å². The summed E-state index contributed by atoms with van der Waals surface area (Å²) in [5.74, 6) is 0.621. The molecule has 0 bridgehead atoms. The Morgan fingerprint density at radius 3 is 2.59 bits per heavy atom. The number of aromatic nitrogens is 1. The summed E-state index contributed by atoms with van der Waals surface area (Å²) >= 11 is 0. The summed E-state index contributed by atoms with van der Waals surface area (Å²) in [5, 5.41) is 8.54. The number of pyridine rings is 1. The second-order valence-corrected chi connectivity index (χ2v) is 7.43. The first-order chi connectivity index (χ1) is 13.2. The first-order valence-electron chi connectivity index (χ1n) is 10.1. The number of carbonyl (C=O) groups excluding carboxylic acids is 2. The van der Waals surface area contributed by atoms with Crippen molar-refractivity contribution in [2.24, 2.45) is 0 Å². The molecule has 27 heavy (non-hydrogen) atoms. The van der Waals surface area contributed by atoms with Gasteiger partial charge in [-0.05, 0) is 50.2 Å². The van der Waals surface area contributed by atoms with Crippen molar-refractivity contribution in [1.29, 1.82) is 0 Å². The van der Waals surface area contributed by atoms with E-state index in [1.165, 1.54) is 25.7 Å². The fourth-order valence-corrected chi connectivity index (χ4v) is 3.71. The van der Waals surface area contributed by atoms with Gasteiger partial charge >= 0.3 is 6.03 Å². The molecule has 1 aromatic heterocycles. The van der Waals surface area contributed by atoms with Crippen molar-refractivity contribution in [3.05, 3.63) is 23.9 Å². The number of urea groups is 1. The van der Waals surface area contributed by atoms with Gasteiger partial charge in [-0.15, -0.1) is 0 Å². The number of nitrogens with zero attached hydrogens (tertiary/aromatic N) is 1. The van der Waals surface area contributed by atoms with Crippen molar-refractivity contribution < 1.29 is 14.3 Å². The molecule has 0 saturated heterocycles. The van der Waals surface area contributed by atoms with Crippen LogP contribution in [0.3, 0.4) is 0 Å². The summed E-state index contributed by atoms with van der Waals surface area (Å²) in [6.45, 7) is 0.723. The van der Waals surface area contributed by atoms with Crippen LogP contribution in [-0.4, -0.2) is 35.6 Å². The summed E-state index contributed by atoms with van der Waals surface area (Å²) in [6, 6.07) is 3.77. The lowest BCUT2D eigenvalue weighted by atomic mass is 10.2. The quantitative estimate of drug-likeness (QED) is 0.652. The normalized spacial score (nSPS) is 17.6. The van der Waals surface area contributed by atoms with E-state index in [2.05, 4.69) is 20.9 Å². The first-order valence-corrected chi connectivity index (χ1v) is 10.1. The second-order valence-electron chi connectivity index (χ2n) is 7.43. The molecule has 7 nitrogen and oxygen atoms in total. The van der Waals surface area contributed by atoms with Gasteiger partial charge in [0.25, 0.3) is 0 Å². The minimum Gasteiger partial charge on any atom is -0.474 e. The predicted octanol–water partition coefficient (Wildman–Crippen LogP) is 2.65. The number of nitrogens with one attached hydrogen (secondary N) is 3. The number of rotatable bonds is 8. The van der Waals surface area contributed by atoms with Crippen LogP contribution in [0.2, 0.25) is 0 Å². The van der Waals surface area contributed by atoms with Crippen LogP contribution in [0.1, 0.15) is 63.4 Å². The second kappa shape index (κ2) is 10.1. The monoisotopic (exact) mass is 374 g/mol. The van der Waals surface area contributed by atoms with Gasteiger partial charge in [-0.2, -0.15) is 0 Å². The van der Waals surface area contributed by atoms with Gasteiger partial charge in [-0.25, -0.2) is 9.78 Å².